The number of hydrogen-bond donors (Lipinski definition) is 2. The summed E-state index contributed by atoms with van der Waals surface area (Å²) in [4.78, 5) is 22.9. The first-order valence-corrected chi connectivity index (χ1v) is 12.8. The number of aliphatic hydroxyl groups excluding tert-OH is 1. The maximum absolute atomic E-state index is 14.2. The number of Topliss-reactive ketones (excluding diaryl/α,β-unsaturated/α-hetero) is 1. The molecular weight excluding hydrogens is 434 g/mol. The van der Waals surface area contributed by atoms with E-state index in [2.05, 4.69) is 0 Å². The van der Waals surface area contributed by atoms with Gasteiger partial charge in [-0.05, 0) is 56.8 Å². The molecule has 0 aromatic rings. The molecule has 2 rings (SSSR count). The van der Waals surface area contributed by atoms with Gasteiger partial charge in [0, 0.05) is 32.3 Å². The first-order valence-electron chi connectivity index (χ1n) is 12.8. The van der Waals surface area contributed by atoms with Crippen molar-refractivity contribution in [3.63, 3.8) is 0 Å². The van der Waals surface area contributed by atoms with Gasteiger partial charge in [-0.15, -0.1) is 0 Å². The minimum atomic E-state index is -3.30. The molecule has 192 valence electrons. The van der Waals surface area contributed by atoms with Crippen LogP contribution in [0.1, 0.15) is 103 Å². The maximum Gasteiger partial charge on any atom is 0.305 e. The van der Waals surface area contributed by atoms with E-state index in [1.807, 2.05) is 6.92 Å². The number of hydrogen-bond acceptors (Lipinski definition) is 5. The summed E-state index contributed by atoms with van der Waals surface area (Å²) in [5.74, 6) is -5.40. The molecule has 33 heavy (non-hydrogen) atoms. The Balaban J connectivity index is 1.94. The maximum atomic E-state index is 14.2. The third-order valence-electron chi connectivity index (χ3n) is 7.10. The molecule has 8 heteroatoms. The highest BCUT2D eigenvalue weighted by molar-refractivity contribution is 5.85. The summed E-state index contributed by atoms with van der Waals surface area (Å²) < 4.78 is 40.3. The molecule has 0 bridgehead atoms. The number of ether oxygens (including phenoxy) is 2. The van der Waals surface area contributed by atoms with Crippen molar-refractivity contribution in [1.82, 2.24) is 0 Å². The van der Waals surface area contributed by atoms with Crippen molar-refractivity contribution in [3.8, 4) is 0 Å². The Morgan fingerprint density at radius 2 is 1.79 bits per heavy atom. The number of unbranched alkanes of at least 4 members (excludes halogenated alkanes) is 4. The van der Waals surface area contributed by atoms with Crippen LogP contribution in [0.15, 0.2) is 0 Å². The zero-order valence-electron chi connectivity index (χ0n) is 20.0. The van der Waals surface area contributed by atoms with Gasteiger partial charge in [0.05, 0.1) is 12.2 Å². The van der Waals surface area contributed by atoms with Gasteiger partial charge in [-0.3, -0.25) is 9.59 Å². The quantitative estimate of drug-likeness (QED) is 0.286. The number of aliphatic hydroxyl groups is 1. The van der Waals surface area contributed by atoms with Crippen LogP contribution in [-0.2, 0) is 19.1 Å². The molecule has 0 aromatic carbocycles. The predicted molar refractivity (Wildman–Crippen MR) is 120 cm³/mol. The highest BCUT2D eigenvalue weighted by Crippen LogP contribution is 2.42. The van der Waals surface area contributed by atoms with Crippen LogP contribution in [0.2, 0.25) is 0 Å². The van der Waals surface area contributed by atoms with Gasteiger partial charge in [-0.1, -0.05) is 32.6 Å². The van der Waals surface area contributed by atoms with Gasteiger partial charge in [0.15, 0.2) is 6.29 Å². The molecule has 1 aliphatic carbocycles. The summed E-state index contributed by atoms with van der Waals surface area (Å²) in [5.41, 5.74) is 0. The van der Waals surface area contributed by atoms with Gasteiger partial charge in [0.2, 0.25) is 5.78 Å². The van der Waals surface area contributed by atoms with Crippen LogP contribution in [0.5, 0.6) is 0 Å². The minimum Gasteiger partial charge on any atom is -0.481 e. The standard InChI is InChI=1S/C25H42F2O6/c1-2-3-15-25(26,27)22(29)14-13-19-18(10-6-4-5-7-11-23(30)31)20(28)17-21(19)33-24-12-8-9-16-32-24/h18-21,24,28H,2-17H2,1H3,(H,30,31)/t18-,19-,20+,21-,24?/m1/s1. The van der Waals surface area contributed by atoms with Crippen molar-refractivity contribution in [3.05, 3.63) is 0 Å². The molecule has 2 N–H and O–H groups in total. The van der Waals surface area contributed by atoms with Gasteiger partial charge in [-0.25, -0.2) is 0 Å². The van der Waals surface area contributed by atoms with E-state index >= 15 is 0 Å². The summed E-state index contributed by atoms with van der Waals surface area (Å²) in [7, 11) is 0. The second-order valence-corrected chi connectivity index (χ2v) is 9.72. The van der Waals surface area contributed by atoms with Crippen LogP contribution in [0.4, 0.5) is 8.78 Å². The van der Waals surface area contributed by atoms with Gasteiger partial charge >= 0.3 is 11.9 Å². The lowest BCUT2D eigenvalue weighted by Crippen LogP contribution is -2.33. The first kappa shape index (κ1) is 28.1. The normalized spacial score (nSPS) is 28.2. The Labute approximate surface area is 196 Å². The number of halogens is 2. The molecule has 6 nitrogen and oxygen atoms in total. The van der Waals surface area contributed by atoms with E-state index in [1.54, 1.807) is 0 Å². The van der Waals surface area contributed by atoms with Crippen molar-refractivity contribution in [2.24, 2.45) is 11.8 Å². The number of alkyl halides is 2. The topological polar surface area (TPSA) is 93.1 Å². The molecule has 1 aliphatic heterocycles. The predicted octanol–water partition coefficient (Wildman–Crippen LogP) is 5.50. The molecule has 1 unspecified atom stereocenters. The molecule has 2 aliphatic rings. The number of ketones is 1. The zero-order valence-corrected chi connectivity index (χ0v) is 20.0. The van der Waals surface area contributed by atoms with Crippen molar-refractivity contribution in [1.29, 1.82) is 0 Å². The smallest absolute Gasteiger partial charge is 0.305 e. The van der Waals surface area contributed by atoms with Crippen LogP contribution in [-0.4, -0.2) is 53.0 Å². The summed E-state index contributed by atoms with van der Waals surface area (Å²) >= 11 is 0. The molecule has 1 heterocycles. The SMILES string of the molecule is CCCCC(F)(F)C(=O)CC[C@@H]1[C@@H](CCCCCCC(=O)O)[C@@H](O)C[C@H]1OC1CCCCO1. The number of carbonyl (C=O) groups excluding carboxylic acids is 1. The summed E-state index contributed by atoms with van der Waals surface area (Å²) in [6.45, 7) is 2.45. The molecule has 0 aromatic heterocycles. The molecule has 1 saturated heterocycles. The minimum absolute atomic E-state index is 0.116. The lowest BCUT2D eigenvalue weighted by molar-refractivity contribution is -0.196. The van der Waals surface area contributed by atoms with E-state index in [-0.39, 0.29) is 43.5 Å². The summed E-state index contributed by atoms with van der Waals surface area (Å²) in [6.07, 6.45) is 6.51. The Hall–Kier alpha value is -1.12. The number of carbonyl (C=O) groups is 2. The number of aliphatic carboxylic acids is 1. The summed E-state index contributed by atoms with van der Waals surface area (Å²) in [6, 6.07) is 0. The van der Waals surface area contributed by atoms with Crippen molar-refractivity contribution >= 4 is 11.8 Å². The molecular formula is C25H42F2O6. The van der Waals surface area contributed by atoms with E-state index in [0.29, 0.717) is 38.7 Å². The number of rotatable bonds is 16. The fourth-order valence-corrected chi connectivity index (χ4v) is 5.15. The van der Waals surface area contributed by atoms with E-state index < -0.39 is 30.2 Å². The molecule has 2 fully saturated rings. The van der Waals surface area contributed by atoms with Crippen LogP contribution >= 0.6 is 0 Å². The van der Waals surface area contributed by atoms with Gasteiger partial charge in [0.25, 0.3) is 0 Å². The van der Waals surface area contributed by atoms with E-state index in [1.165, 1.54) is 0 Å². The van der Waals surface area contributed by atoms with E-state index in [4.69, 9.17) is 14.6 Å². The van der Waals surface area contributed by atoms with Gasteiger partial charge < -0.3 is 19.7 Å². The third kappa shape index (κ3) is 9.57. The van der Waals surface area contributed by atoms with Crippen LogP contribution in [0.25, 0.3) is 0 Å². The molecule has 1 saturated carbocycles. The second kappa shape index (κ2) is 14.3. The highest BCUT2D eigenvalue weighted by Gasteiger charge is 2.45. The zero-order chi connectivity index (χ0) is 24.3. The second-order valence-electron chi connectivity index (χ2n) is 9.72. The van der Waals surface area contributed by atoms with Gasteiger partial charge in [-0.2, -0.15) is 8.78 Å². The number of carboxylic acids is 1. The van der Waals surface area contributed by atoms with E-state index in [9.17, 15) is 23.5 Å². The van der Waals surface area contributed by atoms with Gasteiger partial charge in [0.1, 0.15) is 0 Å². The number of carboxylic acid groups (broad SMARTS) is 1. The summed E-state index contributed by atoms with van der Waals surface area (Å²) in [5, 5.41) is 19.5. The van der Waals surface area contributed by atoms with Crippen LogP contribution < -0.4 is 0 Å². The van der Waals surface area contributed by atoms with Crippen LogP contribution in [0.3, 0.4) is 0 Å². The lowest BCUT2D eigenvalue weighted by Gasteiger charge is -2.30. The largest absolute Gasteiger partial charge is 0.481 e. The van der Waals surface area contributed by atoms with Crippen molar-refractivity contribution in [2.45, 2.75) is 128 Å². The van der Waals surface area contributed by atoms with Crippen LogP contribution in [0, 0.1) is 11.8 Å². The Morgan fingerprint density at radius 1 is 1.03 bits per heavy atom. The Bertz CT molecular complexity index is 593. The molecule has 5 atom stereocenters. The fourth-order valence-electron chi connectivity index (χ4n) is 5.15. The fraction of sp³-hybridized carbons (Fsp3) is 0.920. The first-order chi connectivity index (χ1) is 15.7. The average molecular weight is 477 g/mol. The van der Waals surface area contributed by atoms with Crippen molar-refractivity contribution in [2.75, 3.05) is 6.61 Å². The lowest BCUT2D eigenvalue weighted by atomic mass is 9.84. The van der Waals surface area contributed by atoms with E-state index in [0.717, 1.165) is 38.5 Å². The molecule has 0 spiro atoms. The average Bonchev–Trinajstić information content (AvgIpc) is 3.07. The Kier molecular flexibility index (Phi) is 12.2. The monoisotopic (exact) mass is 476 g/mol. The third-order valence-corrected chi connectivity index (χ3v) is 7.10. The Morgan fingerprint density at radius 3 is 2.45 bits per heavy atom. The highest BCUT2D eigenvalue weighted by atomic mass is 19.3. The molecule has 0 amide bonds. The molecule has 0 radical (unpaired) electrons. The van der Waals surface area contributed by atoms with Crippen molar-refractivity contribution < 1.29 is 38.1 Å².